The molecule has 1 N–H and O–H groups in total. The summed E-state index contributed by atoms with van der Waals surface area (Å²) in [6, 6.07) is 6.00. The zero-order chi connectivity index (χ0) is 12.3. The Morgan fingerprint density at radius 2 is 2.24 bits per heavy atom. The molecule has 1 heterocycles. The number of aromatic nitrogens is 2. The maximum Gasteiger partial charge on any atom is 0.110 e. The summed E-state index contributed by atoms with van der Waals surface area (Å²) in [6.07, 6.45) is 4.65. The van der Waals surface area contributed by atoms with Gasteiger partial charge >= 0.3 is 0 Å². The summed E-state index contributed by atoms with van der Waals surface area (Å²) in [5.41, 5.74) is 2.08. The maximum atomic E-state index is 6.20. The number of anilines is 1. The van der Waals surface area contributed by atoms with E-state index in [1.165, 1.54) is 0 Å². The third-order valence-corrected chi connectivity index (χ3v) is 3.28. The van der Waals surface area contributed by atoms with Crippen molar-refractivity contribution in [3.63, 3.8) is 0 Å². The van der Waals surface area contributed by atoms with Gasteiger partial charge in [0, 0.05) is 32.4 Å². The van der Waals surface area contributed by atoms with Crippen molar-refractivity contribution in [1.29, 1.82) is 0 Å². The molecule has 0 fully saturated rings. The van der Waals surface area contributed by atoms with E-state index in [4.69, 9.17) is 11.6 Å². The maximum absolute atomic E-state index is 6.20. The number of imidazole rings is 1. The molecule has 0 saturated carbocycles. The topological polar surface area (TPSA) is 29.9 Å². The first-order valence-corrected chi connectivity index (χ1v) is 6.01. The van der Waals surface area contributed by atoms with Gasteiger partial charge in [-0.05, 0) is 18.6 Å². The van der Waals surface area contributed by atoms with Crippen LogP contribution >= 0.6 is 11.6 Å². The lowest BCUT2D eigenvalue weighted by Crippen LogP contribution is -2.09. The minimum Gasteiger partial charge on any atom is -0.383 e. The van der Waals surface area contributed by atoms with E-state index in [0.29, 0.717) is 0 Å². The highest BCUT2D eigenvalue weighted by Gasteiger charge is 2.03. The first kappa shape index (κ1) is 12.0. The van der Waals surface area contributed by atoms with Gasteiger partial charge in [-0.1, -0.05) is 23.7 Å². The highest BCUT2D eigenvalue weighted by atomic mass is 35.5. The predicted molar refractivity (Wildman–Crippen MR) is 71.6 cm³/mol. The van der Waals surface area contributed by atoms with Crippen molar-refractivity contribution in [2.24, 2.45) is 7.05 Å². The van der Waals surface area contributed by atoms with Crippen LogP contribution in [0.25, 0.3) is 0 Å². The van der Waals surface area contributed by atoms with E-state index in [1.807, 2.05) is 49.1 Å². The molecule has 0 amide bonds. The molecule has 0 atom stereocenters. The number of benzene rings is 1. The van der Waals surface area contributed by atoms with Gasteiger partial charge in [0.15, 0.2) is 0 Å². The second-order valence-electron chi connectivity index (χ2n) is 4.07. The van der Waals surface area contributed by atoms with Gasteiger partial charge in [0.25, 0.3) is 0 Å². The molecule has 0 aliphatic carbocycles. The van der Waals surface area contributed by atoms with Crippen molar-refractivity contribution >= 4 is 17.3 Å². The largest absolute Gasteiger partial charge is 0.383 e. The monoisotopic (exact) mass is 249 g/mol. The van der Waals surface area contributed by atoms with Crippen molar-refractivity contribution in [3.05, 3.63) is 47.0 Å². The Morgan fingerprint density at radius 1 is 1.41 bits per heavy atom. The average molecular weight is 250 g/mol. The van der Waals surface area contributed by atoms with Crippen LogP contribution in [0.15, 0.2) is 30.6 Å². The lowest BCUT2D eigenvalue weighted by atomic mass is 10.2. The van der Waals surface area contributed by atoms with Crippen LogP contribution in [0.5, 0.6) is 0 Å². The molecule has 17 heavy (non-hydrogen) atoms. The fourth-order valence-corrected chi connectivity index (χ4v) is 1.92. The molecule has 0 aliphatic heterocycles. The van der Waals surface area contributed by atoms with Gasteiger partial charge in [0.2, 0.25) is 0 Å². The quantitative estimate of drug-likeness (QED) is 0.903. The second-order valence-corrected chi connectivity index (χ2v) is 4.45. The lowest BCUT2D eigenvalue weighted by molar-refractivity contribution is 0.789. The van der Waals surface area contributed by atoms with Crippen molar-refractivity contribution in [3.8, 4) is 0 Å². The number of aryl methyl sites for hydroxylation is 2. The summed E-state index contributed by atoms with van der Waals surface area (Å²) in [4.78, 5) is 4.28. The molecule has 0 aliphatic rings. The fourth-order valence-electron chi connectivity index (χ4n) is 1.73. The van der Waals surface area contributed by atoms with E-state index in [2.05, 4.69) is 10.3 Å². The molecule has 3 nitrogen and oxygen atoms in total. The first-order valence-electron chi connectivity index (χ1n) is 5.63. The van der Waals surface area contributed by atoms with Gasteiger partial charge in [-0.25, -0.2) is 4.98 Å². The number of hydrogen-bond donors (Lipinski definition) is 1. The summed E-state index contributed by atoms with van der Waals surface area (Å²) in [5, 5.41) is 4.13. The van der Waals surface area contributed by atoms with Crippen molar-refractivity contribution in [1.82, 2.24) is 9.55 Å². The molecular formula is C13H16ClN3. The lowest BCUT2D eigenvalue weighted by Gasteiger charge is -2.09. The van der Waals surface area contributed by atoms with Crippen LogP contribution in [-0.4, -0.2) is 16.1 Å². The van der Waals surface area contributed by atoms with Gasteiger partial charge < -0.3 is 9.88 Å². The molecule has 0 unspecified atom stereocenters. The minimum atomic E-state index is 0.798. The fraction of sp³-hybridized carbons (Fsp3) is 0.308. The number of nitrogens with one attached hydrogen (secondary N) is 1. The SMILES string of the molecule is Cc1cccc(NCCc2nccn2C)c1Cl. The Bertz CT molecular complexity index is 505. The van der Waals surface area contributed by atoms with Crippen molar-refractivity contribution in [2.75, 3.05) is 11.9 Å². The van der Waals surface area contributed by atoms with Crippen LogP contribution in [0, 0.1) is 6.92 Å². The molecule has 1 aromatic carbocycles. The standard InChI is InChI=1S/C13H16ClN3/c1-10-4-3-5-11(13(10)14)15-7-6-12-16-8-9-17(12)2/h3-5,8-9,15H,6-7H2,1-2H3. The molecule has 0 radical (unpaired) electrons. The zero-order valence-corrected chi connectivity index (χ0v) is 10.8. The van der Waals surface area contributed by atoms with Crippen molar-refractivity contribution in [2.45, 2.75) is 13.3 Å². The van der Waals surface area contributed by atoms with E-state index < -0.39 is 0 Å². The van der Waals surface area contributed by atoms with Gasteiger partial charge in [-0.15, -0.1) is 0 Å². The van der Waals surface area contributed by atoms with E-state index in [0.717, 1.165) is 35.1 Å². The van der Waals surface area contributed by atoms with E-state index in [1.54, 1.807) is 0 Å². The molecule has 0 spiro atoms. The number of halogens is 1. The van der Waals surface area contributed by atoms with Crippen LogP contribution in [0.3, 0.4) is 0 Å². The second kappa shape index (κ2) is 5.23. The summed E-state index contributed by atoms with van der Waals surface area (Å²) in [7, 11) is 2.00. The van der Waals surface area contributed by atoms with Gasteiger partial charge in [-0.3, -0.25) is 0 Å². The van der Waals surface area contributed by atoms with Crippen LogP contribution in [0.1, 0.15) is 11.4 Å². The highest BCUT2D eigenvalue weighted by molar-refractivity contribution is 6.33. The van der Waals surface area contributed by atoms with Crippen LogP contribution < -0.4 is 5.32 Å². The summed E-state index contributed by atoms with van der Waals surface area (Å²) < 4.78 is 2.03. The zero-order valence-electron chi connectivity index (χ0n) is 10.1. The molecule has 90 valence electrons. The Balaban J connectivity index is 1.95. The van der Waals surface area contributed by atoms with E-state index in [9.17, 15) is 0 Å². The third kappa shape index (κ3) is 2.80. The minimum absolute atomic E-state index is 0.798. The smallest absolute Gasteiger partial charge is 0.110 e. The first-order chi connectivity index (χ1) is 8.18. The molecule has 2 rings (SSSR count). The van der Waals surface area contributed by atoms with E-state index >= 15 is 0 Å². The van der Waals surface area contributed by atoms with Gasteiger partial charge in [0.05, 0.1) is 10.7 Å². The summed E-state index contributed by atoms with van der Waals surface area (Å²) in [6.45, 7) is 2.83. The Kier molecular flexibility index (Phi) is 3.69. The number of hydrogen-bond acceptors (Lipinski definition) is 2. The highest BCUT2D eigenvalue weighted by Crippen LogP contribution is 2.24. The molecular weight excluding hydrogens is 234 g/mol. The van der Waals surface area contributed by atoms with Crippen LogP contribution in [-0.2, 0) is 13.5 Å². The van der Waals surface area contributed by atoms with Crippen molar-refractivity contribution < 1.29 is 0 Å². The van der Waals surface area contributed by atoms with E-state index in [-0.39, 0.29) is 0 Å². The molecule has 0 saturated heterocycles. The molecule has 4 heteroatoms. The van der Waals surface area contributed by atoms with Crippen LogP contribution in [0.2, 0.25) is 5.02 Å². The van der Waals surface area contributed by atoms with Gasteiger partial charge in [0.1, 0.15) is 5.82 Å². The predicted octanol–water partition coefficient (Wildman–Crippen LogP) is 3.04. The Hall–Kier alpha value is -1.48. The van der Waals surface area contributed by atoms with Crippen LogP contribution in [0.4, 0.5) is 5.69 Å². The normalized spacial score (nSPS) is 10.5. The summed E-state index contributed by atoms with van der Waals surface area (Å²) in [5.74, 6) is 1.07. The summed E-state index contributed by atoms with van der Waals surface area (Å²) >= 11 is 6.20. The number of nitrogens with zero attached hydrogens (tertiary/aromatic N) is 2. The Morgan fingerprint density at radius 3 is 2.94 bits per heavy atom. The molecule has 2 aromatic rings. The average Bonchev–Trinajstić information content (AvgIpc) is 2.71. The molecule has 1 aromatic heterocycles. The van der Waals surface area contributed by atoms with Gasteiger partial charge in [-0.2, -0.15) is 0 Å². The third-order valence-electron chi connectivity index (χ3n) is 2.78. The molecule has 0 bridgehead atoms. The Labute approximate surface area is 106 Å². The number of rotatable bonds is 4.